The van der Waals surface area contributed by atoms with E-state index >= 15 is 0 Å². The van der Waals surface area contributed by atoms with Crippen molar-refractivity contribution in [2.24, 2.45) is 0 Å². The number of likely N-dealkylation sites (N-methyl/N-ethyl adjacent to an activating group) is 1. The topological polar surface area (TPSA) is 56.3 Å². The molecule has 0 saturated carbocycles. The number of benzene rings is 2. The Bertz CT molecular complexity index is 1380. The molecule has 34 heavy (non-hydrogen) atoms. The molecule has 2 aliphatic heterocycles. The van der Waals surface area contributed by atoms with Crippen LogP contribution in [0.4, 0.5) is 5.69 Å². The first-order chi connectivity index (χ1) is 16.6. The van der Waals surface area contributed by atoms with E-state index in [2.05, 4.69) is 72.1 Å². The van der Waals surface area contributed by atoms with Crippen LogP contribution in [0.2, 0.25) is 0 Å². The van der Waals surface area contributed by atoms with Gasteiger partial charge in [0.15, 0.2) is 5.58 Å². The van der Waals surface area contributed by atoms with E-state index in [1.165, 1.54) is 23.2 Å². The number of nitrogens with zero attached hydrogens (tertiary/aromatic N) is 4. The molecule has 3 aromatic rings. The van der Waals surface area contributed by atoms with Crippen LogP contribution in [0.5, 0.6) is 0 Å². The molecule has 0 radical (unpaired) electrons. The van der Waals surface area contributed by atoms with Crippen molar-refractivity contribution in [1.82, 2.24) is 9.88 Å². The van der Waals surface area contributed by atoms with Crippen molar-refractivity contribution < 1.29 is 4.42 Å². The van der Waals surface area contributed by atoms with E-state index in [0.29, 0.717) is 17.0 Å². The molecule has 0 saturated heterocycles. The van der Waals surface area contributed by atoms with Gasteiger partial charge in [-0.2, -0.15) is 5.26 Å². The summed E-state index contributed by atoms with van der Waals surface area (Å²) in [5.41, 5.74) is 8.71. The molecule has 2 aliphatic rings. The van der Waals surface area contributed by atoms with E-state index in [9.17, 15) is 5.26 Å². The zero-order valence-corrected chi connectivity index (χ0v) is 19.9. The second-order valence-corrected chi connectivity index (χ2v) is 8.77. The Kier molecular flexibility index (Phi) is 5.81. The van der Waals surface area contributed by atoms with Crippen LogP contribution in [0.3, 0.4) is 0 Å². The number of hydrogen-bond donors (Lipinski definition) is 0. The van der Waals surface area contributed by atoms with Gasteiger partial charge in [-0.15, -0.1) is 0 Å². The minimum Gasteiger partial charge on any atom is -0.435 e. The average Bonchev–Trinajstić information content (AvgIpc) is 3.27. The molecule has 0 atom stereocenters. The van der Waals surface area contributed by atoms with Crippen molar-refractivity contribution in [2.75, 3.05) is 25.0 Å². The summed E-state index contributed by atoms with van der Waals surface area (Å²) < 4.78 is 5.90. The van der Waals surface area contributed by atoms with Crippen LogP contribution in [-0.4, -0.2) is 30.0 Å². The predicted octanol–water partition coefficient (Wildman–Crippen LogP) is 6.32. The monoisotopic (exact) mass is 448 g/mol. The smallest absolute Gasteiger partial charge is 0.238 e. The number of para-hydroxylation sites is 2. The van der Waals surface area contributed by atoms with Crippen molar-refractivity contribution in [1.29, 1.82) is 5.26 Å². The van der Waals surface area contributed by atoms with Crippen molar-refractivity contribution in [2.45, 2.75) is 26.7 Å². The van der Waals surface area contributed by atoms with Crippen LogP contribution >= 0.6 is 0 Å². The van der Waals surface area contributed by atoms with Gasteiger partial charge in [-0.05, 0) is 80.3 Å². The lowest BCUT2D eigenvalue weighted by Gasteiger charge is -2.29. The second-order valence-electron chi connectivity index (χ2n) is 8.77. The molecule has 0 bridgehead atoms. The van der Waals surface area contributed by atoms with Crippen LogP contribution in [0.25, 0.3) is 22.7 Å². The van der Waals surface area contributed by atoms with E-state index in [4.69, 9.17) is 4.42 Å². The maximum Gasteiger partial charge on any atom is 0.238 e. The normalized spacial score (nSPS) is 17.5. The largest absolute Gasteiger partial charge is 0.435 e. The average molecular weight is 449 g/mol. The van der Waals surface area contributed by atoms with Crippen LogP contribution < -0.4 is 4.90 Å². The predicted molar refractivity (Wildman–Crippen MR) is 138 cm³/mol. The Morgan fingerprint density at radius 1 is 1.18 bits per heavy atom. The van der Waals surface area contributed by atoms with Crippen LogP contribution in [0, 0.1) is 11.3 Å². The fraction of sp³-hybridized carbons (Fsp3) is 0.241. The molecule has 0 unspecified atom stereocenters. The van der Waals surface area contributed by atoms with E-state index in [-0.39, 0.29) is 0 Å². The number of rotatable bonds is 4. The minimum atomic E-state index is 0.353. The van der Waals surface area contributed by atoms with Gasteiger partial charge in [0, 0.05) is 42.8 Å². The first-order valence-electron chi connectivity index (χ1n) is 11.8. The summed E-state index contributed by atoms with van der Waals surface area (Å²) in [6, 6.07) is 16.6. The van der Waals surface area contributed by atoms with Crippen LogP contribution in [-0.2, 0) is 6.42 Å². The fourth-order valence-electron chi connectivity index (χ4n) is 4.81. The van der Waals surface area contributed by atoms with Gasteiger partial charge in [0.25, 0.3) is 0 Å². The SMILES string of the molecule is CCN1C(C)=C/C(=C(/C#N)c2nc3ccccc3o2)C=C1C=Cc1ccc2c(c1)CCCN2C. The summed E-state index contributed by atoms with van der Waals surface area (Å²) in [5.74, 6) is 0.353. The molecular formula is C29H28N4O. The zero-order chi connectivity index (χ0) is 23.7. The highest BCUT2D eigenvalue weighted by Crippen LogP contribution is 2.31. The van der Waals surface area contributed by atoms with Crippen molar-refractivity contribution in [3.63, 3.8) is 0 Å². The lowest BCUT2D eigenvalue weighted by atomic mass is 9.98. The first-order valence-corrected chi connectivity index (χ1v) is 11.8. The number of nitriles is 1. The Balaban J connectivity index is 1.53. The molecule has 5 rings (SSSR count). The Labute approximate surface area is 200 Å². The summed E-state index contributed by atoms with van der Waals surface area (Å²) in [7, 11) is 2.16. The van der Waals surface area contributed by atoms with Crippen molar-refractivity contribution in [3.8, 4) is 6.07 Å². The Morgan fingerprint density at radius 2 is 2.03 bits per heavy atom. The van der Waals surface area contributed by atoms with Gasteiger partial charge in [0.1, 0.15) is 17.2 Å². The summed E-state index contributed by atoms with van der Waals surface area (Å²) in [6.07, 6.45) is 10.7. The first kappa shape index (κ1) is 21.8. The molecule has 1 aromatic heterocycles. The quantitative estimate of drug-likeness (QED) is 0.437. The molecule has 0 aliphatic carbocycles. The summed E-state index contributed by atoms with van der Waals surface area (Å²) >= 11 is 0. The summed E-state index contributed by atoms with van der Waals surface area (Å²) in [6.45, 7) is 6.16. The lowest BCUT2D eigenvalue weighted by Crippen LogP contribution is -2.24. The molecule has 0 amide bonds. The molecule has 0 fully saturated rings. The van der Waals surface area contributed by atoms with Gasteiger partial charge in [0.2, 0.25) is 5.89 Å². The van der Waals surface area contributed by atoms with Crippen LogP contribution in [0.15, 0.2) is 82.1 Å². The molecule has 5 nitrogen and oxygen atoms in total. The molecular weight excluding hydrogens is 420 g/mol. The molecule has 0 spiro atoms. The number of hydrogen-bond acceptors (Lipinski definition) is 5. The summed E-state index contributed by atoms with van der Waals surface area (Å²) in [4.78, 5) is 9.12. The maximum atomic E-state index is 9.99. The number of aryl methyl sites for hydroxylation is 1. The van der Waals surface area contributed by atoms with E-state index in [1.54, 1.807) is 0 Å². The Morgan fingerprint density at radius 3 is 2.82 bits per heavy atom. The highest BCUT2D eigenvalue weighted by molar-refractivity contribution is 5.84. The van der Waals surface area contributed by atoms with Gasteiger partial charge >= 0.3 is 0 Å². The third kappa shape index (κ3) is 4.04. The molecule has 5 heteroatoms. The van der Waals surface area contributed by atoms with Gasteiger partial charge in [-0.3, -0.25) is 0 Å². The number of oxazole rings is 1. The minimum absolute atomic E-state index is 0.353. The highest BCUT2D eigenvalue weighted by Gasteiger charge is 2.20. The van der Waals surface area contributed by atoms with Gasteiger partial charge in [-0.25, -0.2) is 4.98 Å². The van der Waals surface area contributed by atoms with E-state index < -0.39 is 0 Å². The fourth-order valence-corrected chi connectivity index (χ4v) is 4.81. The Hall–Kier alpha value is -4.04. The van der Waals surface area contributed by atoms with Crippen molar-refractivity contribution in [3.05, 3.63) is 94.7 Å². The summed E-state index contributed by atoms with van der Waals surface area (Å²) in [5, 5.41) is 9.99. The van der Waals surface area contributed by atoms with Gasteiger partial charge in [0.05, 0.1) is 0 Å². The maximum absolute atomic E-state index is 9.99. The molecule has 2 aromatic carbocycles. The zero-order valence-electron chi connectivity index (χ0n) is 19.9. The van der Waals surface area contributed by atoms with Gasteiger partial charge in [-0.1, -0.05) is 24.3 Å². The third-order valence-electron chi connectivity index (χ3n) is 6.53. The van der Waals surface area contributed by atoms with E-state index in [1.807, 2.05) is 36.4 Å². The van der Waals surface area contributed by atoms with E-state index in [0.717, 1.165) is 42.0 Å². The highest BCUT2D eigenvalue weighted by atomic mass is 16.3. The van der Waals surface area contributed by atoms with Crippen molar-refractivity contribution >= 4 is 28.4 Å². The molecule has 0 N–H and O–H groups in total. The van der Waals surface area contributed by atoms with Crippen LogP contribution in [0.1, 0.15) is 37.3 Å². The third-order valence-corrected chi connectivity index (χ3v) is 6.53. The molecule has 3 heterocycles. The standard InChI is InChI=1S/C29H28N4O/c1-4-33-20(2)16-23(25(19-30)29-31-26-9-5-6-10-28(26)34-29)18-24(33)13-11-21-12-14-27-22(17-21)8-7-15-32(27)3/h5-6,9-14,16-18H,4,7-8,15H2,1-3H3/b13-11?,25-23+. The number of fused-ring (bicyclic) bond motifs is 2. The van der Waals surface area contributed by atoms with Gasteiger partial charge < -0.3 is 14.2 Å². The lowest BCUT2D eigenvalue weighted by molar-refractivity contribution is 0.460. The number of allylic oxidation sites excluding steroid dienone is 6. The second kappa shape index (κ2) is 9.07. The number of anilines is 1. The number of aromatic nitrogens is 1. The molecule has 170 valence electrons.